The zero-order valence-corrected chi connectivity index (χ0v) is 8.06. The van der Waals surface area contributed by atoms with Gasteiger partial charge in [-0.3, -0.25) is 0 Å². The van der Waals surface area contributed by atoms with E-state index < -0.39 is 17.7 Å². The van der Waals surface area contributed by atoms with Crippen LogP contribution in [-0.4, -0.2) is 11.7 Å². The molecule has 0 spiro atoms. The molecule has 5 heteroatoms. The van der Waals surface area contributed by atoms with Crippen LogP contribution in [0.25, 0.3) is 0 Å². The molecule has 1 atom stereocenters. The molecule has 0 radical (unpaired) electrons. The summed E-state index contributed by atoms with van der Waals surface area (Å²) in [5.41, 5.74) is 5.07. The lowest BCUT2D eigenvalue weighted by Gasteiger charge is -2.11. The second-order valence-electron chi connectivity index (χ2n) is 2.88. The van der Waals surface area contributed by atoms with Gasteiger partial charge in [-0.15, -0.1) is 0 Å². The number of benzene rings is 1. The van der Waals surface area contributed by atoms with Crippen LogP contribution in [0.4, 0.5) is 8.78 Å². The number of hydrogen-bond acceptors (Lipinski definition) is 2. The number of aliphatic hydroxyl groups excluding tert-OH is 1. The van der Waals surface area contributed by atoms with Gasteiger partial charge in [-0.2, -0.15) is 0 Å². The van der Waals surface area contributed by atoms with Crippen LogP contribution in [0, 0.1) is 11.6 Å². The Bertz CT molecular complexity index is 333. The zero-order valence-electron chi connectivity index (χ0n) is 7.30. The van der Waals surface area contributed by atoms with E-state index in [-0.39, 0.29) is 23.6 Å². The lowest BCUT2D eigenvalue weighted by atomic mass is 10.1. The molecule has 3 N–H and O–H groups in total. The molecule has 1 aromatic carbocycles. The summed E-state index contributed by atoms with van der Waals surface area (Å²) >= 11 is 5.35. The van der Waals surface area contributed by atoms with E-state index in [1.165, 1.54) is 0 Å². The maximum absolute atomic E-state index is 13.2. The van der Waals surface area contributed by atoms with Crippen molar-refractivity contribution in [3.63, 3.8) is 0 Å². The van der Waals surface area contributed by atoms with Crippen molar-refractivity contribution in [1.29, 1.82) is 0 Å². The Hall–Kier alpha value is -0.710. The number of aliphatic hydroxyl groups is 1. The molecule has 0 amide bonds. The Labute approximate surface area is 85.3 Å². The first-order valence-corrected chi connectivity index (χ1v) is 4.46. The average Bonchev–Trinajstić information content (AvgIpc) is 2.11. The molecule has 0 heterocycles. The summed E-state index contributed by atoms with van der Waals surface area (Å²) in [5.74, 6) is -1.48. The first kappa shape index (κ1) is 11.4. The molecule has 14 heavy (non-hydrogen) atoms. The summed E-state index contributed by atoms with van der Waals surface area (Å²) < 4.78 is 26.1. The minimum atomic E-state index is -1.09. The van der Waals surface area contributed by atoms with Crippen molar-refractivity contribution in [3.8, 4) is 0 Å². The molecule has 0 aliphatic carbocycles. The molecule has 0 saturated heterocycles. The first-order chi connectivity index (χ1) is 6.56. The van der Waals surface area contributed by atoms with Gasteiger partial charge in [-0.25, -0.2) is 8.78 Å². The summed E-state index contributed by atoms with van der Waals surface area (Å²) in [7, 11) is 0. The highest BCUT2D eigenvalue weighted by molar-refractivity contribution is 6.30. The normalized spacial score (nSPS) is 12.9. The molecular weight excluding hydrogens is 212 g/mol. The van der Waals surface area contributed by atoms with Gasteiger partial charge in [0.25, 0.3) is 0 Å². The smallest absolute Gasteiger partial charge is 0.142 e. The lowest BCUT2D eigenvalue weighted by Crippen LogP contribution is -2.08. The van der Waals surface area contributed by atoms with Crippen LogP contribution in [0.15, 0.2) is 12.1 Å². The van der Waals surface area contributed by atoms with Crippen LogP contribution in [0.1, 0.15) is 18.1 Å². The Morgan fingerprint density at radius 2 is 2.00 bits per heavy atom. The van der Waals surface area contributed by atoms with Crippen molar-refractivity contribution in [3.05, 3.63) is 34.4 Å². The van der Waals surface area contributed by atoms with E-state index in [2.05, 4.69) is 0 Å². The van der Waals surface area contributed by atoms with Gasteiger partial charge in [-0.1, -0.05) is 11.6 Å². The Kier molecular flexibility index (Phi) is 3.80. The van der Waals surface area contributed by atoms with Crippen LogP contribution in [-0.2, 0) is 0 Å². The summed E-state index contributed by atoms with van der Waals surface area (Å²) in [6.07, 6.45) is -0.912. The molecule has 0 bridgehead atoms. The second kappa shape index (κ2) is 4.68. The number of nitrogens with two attached hydrogens (primary N) is 1. The third-order valence-corrected chi connectivity index (χ3v) is 2.13. The molecule has 78 valence electrons. The molecule has 2 nitrogen and oxygen atoms in total. The maximum Gasteiger partial charge on any atom is 0.142 e. The number of rotatable bonds is 3. The van der Waals surface area contributed by atoms with Gasteiger partial charge in [0.2, 0.25) is 0 Å². The van der Waals surface area contributed by atoms with Gasteiger partial charge >= 0.3 is 0 Å². The SMILES string of the molecule is NCCC(O)c1cc(F)c(Cl)cc1F. The van der Waals surface area contributed by atoms with Gasteiger partial charge in [-0.05, 0) is 25.1 Å². The fourth-order valence-corrected chi connectivity index (χ4v) is 1.26. The topological polar surface area (TPSA) is 46.2 Å². The molecule has 0 fully saturated rings. The highest BCUT2D eigenvalue weighted by Gasteiger charge is 2.15. The Morgan fingerprint density at radius 3 is 2.57 bits per heavy atom. The van der Waals surface area contributed by atoms with Crippen molar-refractivity contribution < 1.29 is 13.9 Å². The van der Waals surface area contributed by atoms with E-state index in [0.29, 0.717) is 0 Å². The Morgan fingerprint density at radius 1 is 1.36 bits per heavy atom. The standard InChI is InChI=1S/C9H10ClF2NO/c10-6-4-7(11)5(3-8(6)12)9(14)1-2-13/h3-4,9,14H,1-2,13H2. The van der Waals surface area contributed by atoms with Crippen LogP contribution in [0.5, 0.6) is 0 Å². The first-order valence-electron chi connectivity index (χ1n) is 4.09. The zero-order chi connectivity index (χ0) is 10.7. The Balaban J connectivity index is 3.02. The third kappa shape index (κ3) is 2.41. The fourth-order valence-electron chi connectivity index (χ4n) is 1.11. The van der Waals surface area contributed by atoms with Crippen molar-refractivity contribution in [2.75, 3.05) is 6.54 Å². The van der Waals surface area contributed by atoms with E-state index in [1.807, 2.05) is 0 Å². The minimum Gasteiger partial charge on any atom is -0.388 e. The van der Waals surface area contributed by atoms with Crippen molar-refractivity contribution in [2.45, 2.75) is 12.5 Å². The molecule has 1 rings (SSSR count). The van der Waals surface area contributed by atoms with Crippen molar-refractivity contribution in [2.24, 2.45) is 5.73 Å². The van der Waals surface area contributed by atoms with Crippen LogP contribution >= 0.6 is 11.6 Å². The van der Waals surface area contributed by atoms with Gasteiger partial charge in [0, 0.05) is 5.56 Å². The van der Waals surface area contributed by atoms with Crippen molar-refractivity contribution >= 4 is 11.6 Å². The van der Waals surface area contributed by atoms with E-state index in [0.717, 1.165) is 12.1 Å². The van der Waals surface area contributed by atoms with Gasteiger partial charge in [0.15, 0.2) is 0 Å². The van der Waals surface area contributed by atoms with E-state index in [9.17, 15) is 13.9 Å². The van der Waals surface area contributed by atoms with Crippen LogP contribution in [0.2, 0.25) is 5.02 Å². The van der Waals surface area contributed by atoms with E-state index in [1.54, 1.807) is 0 Å². The third-order valence-electron chi connectivity index (χ3n) is 1.84. The van der Waals surface area contributed by atoms with Crippen LogP contribution < -0.4 is 5.73 Å². The van der Waals surface area contributed by atoms with Gasteiger partial charge < -0.3 is 10.8 Å². The fraction of sp³-hybridized carbons (Fsp3) is 0.333. The second-order valence-corrected chi connectivity index (χ2v) is 3.29. The number of halogens is 3. The van der Waals surface area contributed by atoms with Gasteiger partial charge in [0.05, 0.1) is 11.1 Å². The highest BCUT2D eigenvalue weighted by Crippen LogP contribution is 2.25. The van der Waals surface area contributed by atoms with E-state index in [4.69, 9.17) is 17.3 Å². The van der Waals surface area contributed by atoms with Gasteiger partial charge in [0.1, 0.15) is 11.6 Å². The summed E-state index contributed by atoms with van der Waals surface area (Å²) in [5, 5.41) is 9.09. The molecule has 0 saturated carbocycles. The van der Waals surface area contributed by atoms with Crippen LogP contribution in [0.3, 0.4) is 0 Å². The quantitative estimate of drug-likeness (QED) is 0.767. The molecule has 1 aromatic rings. The predicted octanol–water partition coefficient (Wildman–Crippen LogP) is 2.00. The summed E-state index contributed by atoms with van der Waals surface area (Å²) in [4.78, 5) is 0. The minimum absolute atomic E-state index is 0.114. The average molecular weight is 222 g/mol. The molecule has 1 unspecified atom stereocenters. The lowest BCUT2D eigenvalue weighted by molar-refractivity contribution is 0.165. The van der Waals surface area contributed by atoms with E-state index >= 15 is 0 Å². The monoisotopic (exact) mass is 221 g/mol. The predicted molar refractivity (Wildman–Crippen MR) is 50.0 cm³/mol. The molecule has 0 aromatic heterocycles. The largest absolute Gasteiger partial charge is 0.388 e. The maximum atomic E-state index is 13.2. The van der Waals surface area contributed by atoms with Crippen molar-refractivity contribution in [1.82, 2.24) is 0 Å². The summed E-state index contributed by atoms with van der Waals surface area (Å²) in [6, 6.07) is 1.73. The number of hydrogen-bond donors (Lipinski definition) is 2. The summed E-state index contributed by atoms with van der Waals surface area (Å²) in [6.45, 7) is 0.199. The molecule has 0 aliphatic heterocycles. The molecule has 0 aliphatic rings. The highest BCUT2D eigenvalue weighted by atomic mass is 35.5. The molecular formula is C9H10ClF2NO.